The lowest BCUT2D eigenvalue weighted by atomic mass is 10.1. The number of para-hydroxylation sites is 1. The molecule has 19 heavy (non-hydrogen) atoms. The molecular formula is C15H19NO3. The second-order valence-electron chi connectivity index (χ2n) is 4.88. The molecule has 0 aromatic heterocycles. The topological polar surface area (TPSA) is 55.4 Å². The summed E-state index contributed by atoms with van der Waals surface area (Å²) in [6.45, 7) is 0. The molecule has 1 aliphatic carbocycles. The summed E-state index contributed by atoms with van der Waals surface area (Å²) in [6, 6.07) is 7.36. The molecule has 0 saturated heterocycles. The third-order valence-electron chi connectivity index (χ3n) is 3.56. The van der Waals surface area contributed by atoms with Crippen LogP contribution in [0.3, 0.4) is 0 Å². The Balaban J connectivity index is 2.06. The maximum Gasteiger partial charge on any atom is 0.310 e. The first-order valence-electron chi connectivity index (χ1n) is 6.66. The minimum atomic E-state index is -0.303. The number of anilines is 1. The Kier molecular flexibility index (Phi) is 4.55. The van der Waals surface area contributed by atoms with E-state index in [1.165, 1.54) is 7.11 Å². The molecular weight excluding hydrogens is 242 g/mol. The third kappa shape index (κ3) is 3.56. The summed E-state index contributed by atoms with van der Waals surface area (Å²) in [4.78, 5) is 23.4. The molecule has 1 N–H and O–H groups in total. The standard InChI is InChI=1S/C15H19NO3/c1-19-14(17)10-12-8-4-5-9-13(12)16-15(18)11-6-2-3-7-11/h4-5,8-9,11H,2-3,6-7,10H2,1H3,(H,16,18). The highest BCUT2D eigenvalue weighted by atomic mass is 16.5. The highest BCUT2D eigenvalue weighted by Crippen LogP contribution is 2.26. The zero-order valence-electron chi connectivity index (χ0n) is 11.1. The van der Waals surface area contributed by atoms with Crippen molar-refractivity contribution in [1.29, 1.82) is 0 Å². The maximum absolute atomic E-state index is 12.1. The van der Waals surface area contributed by atoms with Crippen molar-refractivity contribution in [2.24, 2.45) is 5.92 Å². The first-order chi connectivity index (χ1) is 9.20. The number of esters is 1. The van der Waals surface area contributed by atoms with Crippen LogP contribution >= 0.6 is 0 Å². The number of hydrogen-bond donors (Lipinski definition) is 1. The minimum Gasteiger partial charge on any atom is -0.469 e. The van der Waals surface area contributed by atoms with Gasteiger partial charge in [-0.25, -0.2) is 0 Å². The average molecular weight is 261 g/mol. The predicted molar refractivity (Wildman–Crippen MR) is 72.7 cm³/mol. The maximum atomic E-state index is 12.1. The van der Waals surface area contributed by atoms with Crippen LogP contribution in [0.25, 0.3) is 0 Å². The summed E-state index contributed by atoms with van der Waals surface area (Å²) in [5.41, 5.74) is 1.51. The molecule has 1 fully saturated rings. The Morgan fingerprint density at radius 2 is 1.95 bits per heavy atom. The van der Waals surface area contributed by atoms with Crippen LogP contribution in [-0.4, -0.2) is 19.0 Å². The first kappa shape index (κ1) is 13.6. The summed E-state index contributed by atoms with van der Waals surface area (Å²) >= 11 is 0. The van der Waals surface area contributed by atoms with Crippen LogP contribution in [0, 0.1) is 5.92 Å². The molecule has 1 amide bonds. The van der Waals surface area contributed by atoms with Gasteiger partial charge < -0.3 is 10.1 Å². The van der Waals surface area contributed by atoms with E-state index in [2.05, 4.69) is 10.1 Å². The van der Waals surface area contributed by atoms with Gasteiger partial charge in [-0.3, -0.25) is 9.59 Å². The van der Waals surface area contributed by atoms with Crippen molar-refractivity contribution in [1.82, 2.24) is 0 Å². The van der Waals surface area contributed by atoms with Gasteiger partial charge in [0.2, 0.25) is 5.91 Å². The predicted octanol–water partition coefficient (Wildman–Crippen LogP) is 2.53. The highest BCUT2D eigenvalue weighted by molar-refractivity contribution is 5.94. The van der Waals surface area contributed by atoms with E-state index < -0.39 is 0 Å². The fourth-order valence-corrected chi connectivity index (χ4v) is 2.45. The van der Waals surface area contributed by atoms with E-state index in [0.29, 0.717) is 5.69 Å². The zero-order chi connectivity index (χ0) is 13.7. The van der Waals surface area contributed by atoms with E-state index in [1.807, 2.05) is 24.3 Å². The van der Waals surface area contributed by atoms with Gasteiger partial charge in [-0.15, -0.1) is 0 Å². The Hall–Kier alpha value is -1.84. The highest BCUT2D eigenvalue weighted by Gasteiger charge is 2.23. The van der Waals surface area contributed by atoms with Gasteiger partial charge in [-0.05, 0) is 24.5 Å². The molecule has 0 atom stereocenters. The molecule has 0 bridgehead atoms. The van der Waals surface area contributed by atoms with Crippen molar-refractivity contribution >= 4 is 17.6 Å². The quantitative estimate of drug-likeness (QED) is 0.847. The number of hydrogen-bond acceptors (Lipinski definition) is 3. The minimum absolute atomic E-state index is 0.0646. The van der Waals surface area contributed by atoms with E-state index in [-0.39, 0.29) is 24.2 Å². The number of benzene rings is 1. The van der Waals surface area contributed by atoms with Crippen molar-refractivity contribution in [3.05, 3.63) is 29.8 Å². The van der Waals surface area contributed by atoms with Crippen LogP contribution in [0.4, 0.5) is 5.69 Å². The lowest BCUT2D eigenvalue weighted by Crippen LogP contribution is -2.21. The number of nitrogens with one attached hydrogen (secondary N) is 1. The van der Waals surface area contributed by atoms with Gasteiger partial charge in [0.25, 0.3) is 0 Å². The molecule has 102 valence electrons. The van der Waals surface area contributed by atoms with Crippen LogP contribution in [0.15, 0.2) is 24.3 Å². The smallest absolute Gasteiger partial charge is 0.310 e. The van der Waals surface area contributed by atoms with E-state index in [4.69, 9.17) is 0 Å². The Morgan fingerprint density at radius 1 is 1.26 bits per heavy atom. The van der Waals surface area contributed by atoms with Crippen molar-refractivity contribution in [2.45, 2.75) is 32.1 Å². The molecule has 0 spiro atoms. The fraction of sp³-hybridized carbons (Fsp3) is 0.467. The second-order valence-corrected chi connectivity index (χ2v) is 4.88. The van der Waals surface area contributed by atoms with Gasteiger partial charge in [0.1, 0.15) is 0 Å². The average Bonchev–Trinajstić information content (AvgIpc) is 2.95. The van der Waals surface area contributed by atoms with Gasteiger partial charge in [0.15, 0.2) is 0 Å². The molecule has 2 rings (SSSR count). The number of ether oxygens (including phenoxy) is 1. The molecule has 1 aromatic carbocycles. The van der Waals surface area contributed by atoms with Crippen LogP contribution in [0.1, 0.15) is 31.2 Å². The second kappa shape index (κ2) is 6.36. The monoisotopic (exact) mass is 261 g/mol. The van der Waals surface area contributed by atoms with Gasteiger partial charge >= 0.3 is 5.97 Å². The molecule has 1 aliphatic rings. The fourth-order valence-electron chi connectivity index (χ4n) is 2.45. The Morgan fingerprint density at radius 3 is 2.63 bits per heavy atom. The molecule has 1 aromatic rings. The van der Waals surface area contributed by atoms with E-state index >= 15 is 0 Å². The summed E-state index contributed by atoms with van der Waals surface area (Å²) in [5, 5.41) is 2.94. The molecule has 0 heterocycles. The van der Waals surface area contributed by atoms with Crippen molar-refractivity contribution < 1.29 is 14.3 Å². The summed E-state index contributed by atoms with van der Waals surface area (Å²) in [6.07, 6.45) is 4.36. The summed E-state index contributed by atoms with van der Waals surface area (Å²) in [5.74, 6) is -0.122. The molecule has 0 unspecified atom stereocenters. The van der Waals surface area contributed by atoms with E-state index in [0.717, 1.165) is 31.2 Å². The molecule has 0 radical (unpaired) electrons. The van der Waals surface area contributed by atoms with Gasteiger partial charge in [0, 0.05) is 11.6 Å². The Bertz CT molecular complexity index is 464. The molecule has 1 saturated carbocycles. The van der Waals surface area contributed by atoms with Gasteiger partial charge in [-0.1, -0.05) is 31.0 Å². The van der Waals surface area contributed by atoms with Crippen LogP contribution in [0.2, 0.25) is 0 Å². The van der Waals surface area contributed by atoms with Crippen molar-refractivity contribution in [3.63, 3.8) is 0 Å². The molecule has 0 aliphatic heterocycles. The number of carbonyl (C=O) groups excluding carboxylic acids is 2. The lowest BCUT2D eigenvalue weighted by Gasteiger charge is -2.13. The molecule has 4 heteroatoms. The van der Waals surface area contributed by atoms with Gasteiger partial charge in [-0.2, -0.15) is 0 Å². The van der Waals surface area contributed by atoms with Crippen LogP contribution in [0.5, 0.6) is 0 Å². The van der Waals surface area contributed by atoms with Crippen molar-refractivity contribution in [3.8, 4) is 0 Å². The van der Waals surface area contributed by atoms with E-state index in [9.17, 15) is 9.59 Å². The normalized spacial score (nSPS) is 15.2. The third-order valence-corrected chi connectivity index (χ3v) is 3.56. The number of methoxy groups -OCH3 is 1. The number of carbonyl (C=O) groups is 2. The molecule has 4 nitrogen and oxygen atoms in total. The van der Waals surface area contributed by atoms with Crippen LogP contribution in [-0.2, 0) is 20.7 Å². The largest absolute Gasteiger partial charge is 0.469 e. The van der Waals surface area contributed by atoms with Crippen molar-refractivity contribution in [2.75, 3.05) is 12.4 Å². The zero-order valence-corrected chi connectivity index (χ0v) is 11.1. The Labute approximate surface area is 113 Å². The lowest BCUT2D eigenvalue weighted by molar-refractivity contribution is -0.139. The summed E-state index contributed by atoms with van der Waals surface area (Å²) in [7, 11) is 1.36. The van der Waals surface area contributed by atoms with E-state index in [1.54, 1.807) is 0 Å². The number of amides is 1. The SMILES string of the molecule is COC(=O)Cc1ccccc1NC(=O)C1CCCC1. The van der Waals surface area contributed by atoms with Crippen LogP contribution < -0.4 is 5.32 Å². The first-order valence-corrected chi connectivity index (χ1v) is 6.66. The number of rotatable bonds is 4. The van der Waals surface area contributed by atoms with Gasteiger partial charge in [0.05, 0.1) is 13.5 Å². The summed E-state index contributed by atoms with van der Waals surface area (Å²) < 4.78 is 4.66.